The molecule has 0 aliphatic carbocycles. The average Bonchev–Trinajstić information content (AvgIpc) is 2.64. The molecule has 0 unspecified atom stereocenters. The molecule has 26 heavy (non-hydrogen) atoms. The maximum atomic E-state index is 12.3. The van der Waals surface area contributed by atoms with Crippen molar-refractivity contribution in [3.05, 3.63) is 23.8 Å². The zero-order valence-electron chi connectivity index (χ0n) is 15.4. The van der Waals surface area contributed by atoms with Crippen molar-refractivity contribution >= 4 is 15.9 Å². The van der Waals surface area contributed by atoms with E-state index in [-0.39, 0.29) is 25.4 Å². The predicted molar refractivity (Wildman–Crippen MR) is 96.8 cm³/mol. The van der Waals surface area contributed by atoms with Crippen LogP contribution in [0.5, 0.6) is 11.5 Å². The van der Waals surface area contributed by atoms with E-state index in [2.05, 4.69) is 0 Å². The molecule has 1 fully saturated rings. The third-order valence-corrected chi connectivity index (χ3v) is 5.46. The van der Waals surface area contributed by atoms with Crippen LogP contribution in [0.3, 0.4) is 0 Å². The van der Waals surface area contributed by atoms with Crippen LogP contribution in [0, 0.1) is 0 Å². The summed E-state index contributed by atoms with van der Waals surface area (Å²) in [6.07, 6.45) is 1.29. The summed E-state index contributed by atoms with van der Waals surface area (Å²) < 4.78 is 41.2. The number of carbonyl (C=O) groups excluding carboxylic acids is 1. The second-order valence-corrected chi connectivity index (χ2v) is 8.01. The minimum absolute atomic E-state index is 0.0609. The van der Waals surface area contributed by atoms with Crippen LogP contribution in [-0.4, -0.2) is 76.9 Å². The summed E-state index contributed by atoms with van der Waals surface area (Å²) in [4.78, 5) is 14.0. The summed E-state index contributed by atoms with van der Waals surface area (Å²) in [5.41, 5.74) is 0.756. The average molecular weight is 386 g/mol. The molecule has 1 aromatic rings. The Morgan fingerprint density at radius 2 is 1.85 bits per heavy atom. The molecule has 1 saturated heterocycles. The smallest absolute Gasteiger partial charge is 0.224 e. The molecule has 9 heteroatoms. The summed E-state index contributed by atoms with van der Waals surface area (Å²) in [7, 11) is -0.395. The molecular formula is C17H26N2O6S. The summed E-state index contributed by atoms with van der Waals surface area (Å²) in [6, 6.07) is 5.25. The van der Waals surface area contributed by atoms with Crippen molar-refractivity contribution in [2.24, 2.45) is 0 Å². The number of hydrogen-bond donors (Lipinski definition) is 0. The molecule has 1 amide bonds. The van der Waals surface area contributed by atoms with Gasteiger partial charge in [-0.05, 0) is 17.7 Å². The van der Waals surface area contributed by atoms with Gasteiger partial charge in [-0.3, -0.25) is 4.79 Å². The Bertz CT molecular complexity index is 716. The van der Waals surface area contributed by atoms with E-state index in [1.54, 1.807) is 23.1 Å². The van der Waals surface area contributed by atoms with Gasteiger partial charge in [-0.1, -0.05) is 6.07 Å². The number of methoxy groups -OCH3 is 2. The minimum atomic E-state index is -3.46. The molecule has 1 aliphatic rings. The van der Waals surface area contributed by atoms with Crippen LogP contribution in [0.15, 0.2) is 18.2 Å². The second-order valence-electron chi connectivity index (χ2n) is 6.03. The van der Waals surface area contributed by atoms with Gasteiger partial charge in [0.15, 0.2) is 11.5 Å². The molecule has 0 bridgehead atoms. The maximum absolute atomic E-state index is 12.3. The summed E-state index contributed by atoms with van der Waals surface area (Å²) >= 11 is 0. The predicted octanol–water partition coefficient (Wildman–Crippen LogP) is 0.714. The molecule has 1 heterocycles. The molecule has 0 N–H and O–H groups in total. The zero-order valence-corrected chi connectivity index (χ0v) is 16.3. The van der Waals surface area contributed by atoms with Gasteiger partial charge in [0.1, 0.15) is 0 Å². The third kappa shape index (κ3) is 5.58. The molecular weight excluding hydrogens is 360 g/mol. The molecule has 0 radical (unpaired) electrons. The van der Waals surface area contributed by atoms with E-state index < -0.39 is 10.0 Å². The summed E-state index contributed by atoms with van der Waals surface area (Å²) in [5.74, 6) is 1.04. The molecule has 1 aromatic carbocycles. The fourth-order valence-electron chi connectivity index (χ4n) is 2.74. The zero-order chi connectivity index (χ0) is 19.2. The largest absolute Gasteiger partial charge is 0.493 e. The van der Waals surface area contributed by atoms with Gasteiger partial charge in [0.25, 0.3) is 0 Å². The molecule has 0 spiro atoms. The summed E-state index contributed by atoms with van der Waals surface area (Å²) in [6.45, 7) is 2.43. The van der Waals surface area contributed by atoms with Crippen molar-refractivity contribution in [3.63, 3.8) is 0 Å². The van der Waals surface area contributed by atoms with E-state index in [1.807, 2.05) is 0 Å². The monoisotopic (exact) mass is 386 g/mol. The van der Waals surface area contributed by atoms with E-state index in [1.165, 1.54) is 18.5 Å². The molecule has 8 nitrogen and oxygen atoms in total. The van der Waals surface area contributed by atoms with Gasteiger partial charge < -0.3 is 19.1 Å². The van der Waals surface area contributed by atoms with Crippen molar-refractivity contribution < 1.29 is 27.4 Å². The van der Waals surface area contributed by atoms with Crippen LogP contribution in [0.4, 0.5) is 0 Å². The number of benzene rings is 1. The number of carbonyl (C=O) groups is 1. The van der Waals surface area contributed by atoms with Gasteiger partial charge in [0, 0.05) is 32.6 Å². The number of nitrogens with zero attached hydrogens (tertiary/aromatic N) is 2. The van der Waals surface area contributed by atoms with Crippen molar-refractivity contribution in [2.45, 2.75) is 13.0 Å². The van der Waals surface area contributed by atoms with E-state index in [9.17, 15) is 13.2 Å². The fraction of sp³-hybridized carbons (Fsp3) is 0.588. The van der Waals surface area contributed by atoms with E-state index in [0.717, 1.165) is 11.8 Å². The van der Waals surface area contributed by atoms with Crippen LogP contribution in [-0.2, 0) is 26.1 Å². The standard InChI is InChI=1S/C17H26N2O6S/c1-23-15-5-4-14(12-16(15)24-2)13-19(26(3,21)22)7-6-17(20)18-8-10-25-11-9-18/h4-5,12H,6-11,13H2,1-3H3. The first kappa shape index (κ1) is 20.5. The normalized spacial score (nSPS) is 15.2. The highest BCUT2D eigenvalue weighted by Crippen LogP contribution is 2.28. The summed E-state index contributed by atoms with van der Waals surface area (Å²) in [5, 5.41) is 0. The van der Waals surface area contributed by atoms with Gasteiger partial charge in [0.2, 0.25) is 15.9 Å². The van der Waals surface area contributed by atoms with Crippen molar-refractivity contribution in [1.29, 1.82) is 0 Å². The van der Waals surface area contributed by atoms with Crippen LogP contribution in [0.1, 0.15) is 12.0 Å². The van der Waals surface area contributed by atoms with Gasteiger partial charge in [-0.15, -0.1) is 0 Å². The van der Waals surface area contributed by atoms with Crippen molar-refractivity contribution in [2.75, 3.05) is 53.3 Å². The lowest BCUT2D eigenvalue weighted by Gasteiger charge is -2.28. The molecule has 0 aromatic heterocycles. The van der Waals surface area contributed by atoms with Crippen LogP contribution < -0.4 is 9.47 Å². The number of hydrogen-bond acceptors (Lipinski definition) is 6. The second kappa shape index (κ2) is 9.20. The highest BCUT2D eigenvalue weighted by atomic mass is 32.2. The highest BCUT2D eigenvalue weighted by molar-refractivity contribution is 7.88. The number of morpholine rings is 1. The van der Waals surface area contributed by atoms with E-state index in [4.69, 9.17) is 14.2 Å². The molecule has 146 valence electrons. The number of rotatable bonds is 8. The Balaban J connectivity index is 2.04. The molecule has 0 atom stereocenters. The first-order valence-corrected chi connectivity index (χ1v) is 10.2. The van der Waals surface area contributed by atoms with Crippen molar-refractivity contribution in [3.8, 4) is 11.5 Å². The Hall–Kier alpha value is -1.84. The van der Waals surface area contributed by atoms with Crippen molar-refractivity contribution in [1.82, 2.24) is 9.21 Å². The lowest BCUT2D eigenvalue weighted by Crippen LogP contribution is -2.42. The quantitative estimate of drug-likeness (QED) is 0.654. The Labute approximate surface area is 154 Å². The van der Waals surface area contributed by atoms with Crippen LogP contribution in [0.25, 0.3) is 0 Å². The molecule has 0 saturated carbocycles. The Kier molecular flexibility index (Phi) is 7.24. The van der Waals surface area contributed by atoms with E-state index >= 15 is 0 Å². The number of ether oxygens (including phenoxy) is 3. The lowest BCUT2D eigenvalue weighted by molar-refractivity contribution is -0.135. The molecule has 1 aliphatic heterocycles. The van der Waals surface area contributed by atoms with Gasteiger partial charge in [0.05, 0.1) is 33.7 Å². The Morgan fingerprint density at radius 3 is 2.42 bits per heavy atom. The van der Waals surface area contributed by atoms with Gasteiger partial charge in [-0.25, -0.2) is 8.42 Å². The number of sulfonamides is 1. The maximum Gasteiger partial charge on any atom is 0.224 e. The van der Waals surface area contributed by atoms with E-state index in [0.29, 0.717) is 37.8 Å². The SMILES string of the molecule is COc1ccc(CN(CCC(=O)N2CCOCC2)S(C)(=O)=O)cc1OC. The van der Waals surface area contributed by atoms with Crippen LogP contribution >= 0.6 is 0 Å². The topological polar surface area (TPSA) is 85.4 Å². The first-order chi connectivity index (χ1) is 12.3. The van der Waals surface area contributed by atoms with Gasteiger partial charge >= 0.3 is 0 Å². The molecule has 2 rings (SSSR count). The third-order valence-electron chi connectivity index (χ3n) is 4.21. The number of amides is 1. The lowest BCUT2D eigenvalue weighted by atomic mass is 10.2. The van der Waals surface area contributed by atoms with Crippen LogP contribution in [0.2, 0.25) is 0 Å². The van der Waals surface area contributed by atoms with Gasteiger partial charge in [-0.2, -0.15) is 4.31 Å². The Morgan fingerprint density at radius 1 is 1.19 bits per heavy atom. The minimum Gasteiger partial charge on any atom is -0.493 e. The fourth-order valence-corrected chi connectivity index (χ4v) is 3.54. The first-order valence-electron chi connectivity index (χ1n) is 8.36. The highest BCUT2D eigenvalue weighted by Gasteiger charge is 2.22.